The lowest BCUT2D eigenvalue weighted by Crippen LogP contribution is -2.41. The molecule has 2 aromatic rings. The predicted octanol–water partition coefficient (Wildman–Crippen LogP) is 1.87. The van der Waals surface area contributed by atoms with Gasteiger partial charge in [-0.05, 0) is 44.5 Å². The molecule has 1 aromatic heterocycles. The van der Waals surface area contributed by atoms with Gasteiger partial charge in [0.15, 0.2) is 0 Å². The van der Waals surface area contributed by atoms with Crippen LogP contribution in [-0.4, -0.2) is 41.5 Å². The van der Waals surface area contributed by atoms with Crippen LogP contribution >= 0.6 is 0 Å². The van der Waals surface area contributed by atoms with E-state index in [0.717, 1.165) is 16.9 Å². The molecule has 0 bridgehead atoms. The van der Waals surface area contributed by atoms with Crippen molar-refractivity contribution in [2.24, 2.45) is 0 Å². The number of carbonyl (C=O) groups is 1. The Bertz CT molecular complexity index is 744. The van der Waals surface area contributed by atoms with Crippen molar-refractivity contribution in [3.63, 3.8) is 0 Å². The molecule has 1 amide bonds. The molecule has 2 heterocycles. The first kappa shape index (κ1) is 17.6. The average molecular weight is 346 g/mol. The van der Waals surface area contributed by atoms with E-state index in [9.17, 15) is 9.18 Å². The van der Waals surface area contributed by atoms with Gasteiger partial charge in [0.1, 0.15) is 5.82 Å². The Balaban J connectivity index is 1.69. The van der Waals surface area contributed by atoms with Gasteiger partial charge in [-0.1, -0.05) is 0 Å². The second-order valence-electron chi connectivity index (χ2n) is 6.36. The third-order valence-corrected chi connectivity index (χ3v) is 4.68. The van der Waals surface area contributed by atoms with E-state index in [1.54, 1.807) is 30.1 Å². The first-order valence-electron chi connectivity index (χ1n) is 8.36. The molecule has 0 spiro atoms. The Morgan fingerprint density at radius 1 is 1.44 bits per heavy atom. The standard InChI is InChI=1S/C18H23FN4O2/c1-11(22-18(24)17-8-15(25-3)9-20-17)16-10-21-23(12(16)2)14-6-4-13(19)5-7-14/h4-7,10-11,15,17,20H,8-9H2,1-3H3,(H,22,24)/t11-,15+,17-/m1/s1. The van der Waals surface area contributed by atoms with E-state index in [1.165, 1.54) is 12.1 Å². The Morgan fingerprint density at radius 2 is 2.16 bits per heavy atom. The lowest BCUT2D eigenvalue weighted by atomic mass is 10.1. The quantitative estimate of drug-likeness (QED) is 0.867. The summed E-state index contributed by atoms with van der Waals surface area (Å²) in [6.07, 6.45) is 2.49. The Hall–Kier alpha value is -2.25. The summed E-state index contributed by atoms with van der Waals surface area (Å²) in [6.45, 7) is 4.55. The van der Waals surface area contributed by atoms with Crippen molar-refractivity contribution in [1.29, 1.82) is 0 Å². The van der Waals surface area contributed by atoms with Crippen LogP contribution < -0.4 is 10.6 Å². The monoisotopic (exact) mass is 346 g/mol. The summed E-state index contributed by atoms with van der Waals surface area (Å²) in [5.74, 6) is -0.325. The third-order valence-electron chi connectivity index (χ3n) is 4.68. The van der Waals surface area contributed by atoms with Crippen molar-refractivity contribution in [1.82, 2.24) is 20.4 Å². The highest BCUT2D eigenvalue weighted by atomic mass is 19.1. The van der Waals surface area contributed by atoms with Gasteiger partial charge in [0.2, 0.25) is 5.91 Å². The van der Waals surface area contributed by atoms with Crippen molar-refractivity contribution in [3.8, 4) is 5.69 Å². The fourth-order valence-corrected chi connectivity index (χ4v) is 3.16. The molecule has 1 fully saturated rings. The van der Waals surface area contributed by atoms with Crippen LogP contribution in [0.1, 0.15) is 30.6 Å². The topological polar surface area (TPSA) is 68.2 Å². The summed E-state index contributed by atoms with van der Waals surface area (Å²) in [5, 5.41) is 10.6. The van der Waals surface area contributed by atoms with Crippen LogP contribution in [0.3, 0.4) is 0 Å². The van der Waals surface area contributed by atoms with Crippen molar-refractivity contribution in [2.75, 3.05) is 13.7 Å². The normalized spacial score (nSPS) is 21.3. The van der Waals surface area contributed by atoms with Crippen molar-refractivity contribution < 1.29 is 13.9 Å². The van der Waals surface area contributed by atoms with Gasteiger partial charge in [0.25, 0.3) is 0 Å². The molecule has 0 unspecified atom stereocenters. The van der Waals surface area contributed by atoms with E-state index in [4.69, 9.17) is 4.74 Å². The van der Waals surface area contributed by atoms with Crippen LogP contribution in [0.25, 0.3) is 5.69 Å². The van der Waals surface area contributed by atoms with Gasteiger partial charge in [-0.15, -0.1) is 0 Å². The fourth-order valence-electron chi connectivity index (χ4n) is 3.16. The number of hydrogen-bond donors (Lipinski definition) is 2. The maximum atomic E-state index is 13.1. The van der Waals surface area contributed by atoms with Crippen molar-refractivity contribution >= 4 is 5.91 Å². The van der Waals surface area contributed by atoms with E-state index in [1.807, 2.05) is 13.8 Å². The molecular formula is C18H23FN4O2. The zero-order valence-electron chi connectivity index (χ0n) is 14.6. The molecule has 0 aliphatic carbocycles. The van der Waals surface area contributed by atoms with Crippen LogP contribution in [0.4, 0.5) is 4.39 Å². The molecule has 1 aromatic carbocycles. The van der Waals surface area contributed by atoms with E-state index in [-0.39, 0.29) is 29.9 Å². The van der Waals surface area contributed by atoms with Crippen LogP contribution in [0, 0.1) is 12.7 Å². The molecule has 1 aliphatic heterocycles. The molecule has 0 radical (unpaired) electrons. The largest absolute Gasteiger partial charge is 0.380 e. The predicted molar refractivity (Wildman–Crippen MR) is 92.0 cm³/mol. The molecule has 3 rings (SSSR count). The second-order valence-corrected chi connectivity index (χ2v) is 6.36. The number of methoxy groups -OCH3 is 1. The van der Waals surface area contributed by atoms with Crippen molar-refractivity contribution in [2.45, 2.75) is 38.5 Å². The average Bonchev–Trinajstić information content (AvgIpc) is 3.22. The van der Waals surface area contributed by atoms with E-state index in [0.29, 0.717) is 13.0 Å². The zero-order valence-corrected chi connectivity index (χ0v) is 14.6. The van der Waals surface area contributed by atoms with E-state index < -0.39 is 0 Å². The summed E-state index contributed by atoms with van der Waals surface area (Å²) < 4.78 is 20.1. The molecular weight excluding hydrogens is 323 g/mol. The number of nitrogens with zero attached hydrogens (tertiary/aromatic N) is 2. The maximum Gasteiger partial charge on any atom is 0.237 e. The Labute approximate surface area is 146 Å². The first-order valence-corrected chi connectivity index (χ1v) is 8.36. The summed E-state index contributed by atoms with van der Waals surface area (Å²) >= 11 is 0. The molecule has 0 saturated carbocycles. The van der Waals surface area contributed by atoms with Crippen LogP contribution in [0.2, 0.25) is 0 Å². The number of carbonyl (C=O) groups excluding carboxylic acids is 1. The SMILES string of the molecule is CO[C@@H]1CN[C@@H](C(=O)N[C@H](C)c2cnn(-c3ccc(F)cc3)c2C)C1. The van der Waals surface area contributed by atoms with Gasteiger partial charge < -0.3 is 15.4 Å². The van der Waals surface area contributed by atoms with Crippen LogP contribution in [0.15, 0.2) is 30.5 Å². The molecule has 3 atom stereocenters. The van der Waals surface area contributed by atoms with Crippen LogP contribution in [-0.2, 0) is 9.53 Å². The first-order chi connectivity index (χ1) is 12.0. The molecule has 2 N–H and O–H groups in total. The highest BCUT2D eigenvalue weighted by Crippen LogP contribution is 2.21. The van der Waals surface area contributed by atoms with E-state index in [2.05, 4.69) is 15.7 Å². The summed E-state index contributed by atoms with van der Waals surface area (Å²) in [6, 6.07) is 5.74. The number of aromatic nitrogens is 2. The molecule has 134 valence electrons. The molecule has 1 saturated heterocycles. The molecule has 6 nitrogen and oxygen atoms in total. The Morgan fingerprint density at radius 3 is 2.80 bits per heavy atom. The smallest absolute Gasteiger partial charge is 0.237 e. The number of halogens is 1. The number of ether oxygens (including phenoxy) is 1. The molecule has 7 heteroatoms. The van der Waals surface area contributed by atoms with Crippen molar-refractivity contribution in [3.05, 3.63) is 47.5 Å². The van der Waals surface area contributed by atoms with E-state index >= 15 is 0 Å². The van der Waals surface area contributed by atoms with Crippen LogP contribution in [0.5, 0.6) is 0 Å². The number of nitrogens with one attached hydrogen (secondary N) is 2. The zero-order chi connectivity index (χ0) is 18.0. The number of benzene rings is 1. The van der Waals surface area contributed by atoms with Gasteiger partial charge in [-0.2, -0.15) is 5.10 Å². The second kappa shape index (κ2) is 7.33. The number of rotatable bonds is 5. The highest BCUT2D eigenvalue weighted by molar-refractivity contribution is 5.82. The molecule has 25 heavy (non-hydrogen) atoms. The number of amides is 1. The highest BCUT2D eigenvalue weighted by Gasteiger charge is 2.30. The van der Waals surface area contributed by atoms with Gasteiger partial charge in [-0.3, -0.25) is 4.79 Å². The minimum Gasteiger partial charge on any atom is -0.380 e. The maximum absolute atomic E-state index is 13.1. The van der Waals surface area contributed by atoms with Gasteiger partial charge in [-0.25, -0.2) is 9.07 Å². The van der Waals surface area contributed by atoms with Gasteiger partial charge >= 0.3 is 0 Å². The Kier molecular flexibility index (Phi) is 5.15. The summed E-state index contributed by atoms with van der Waals surface area (Å²) in [7, 11) is 1.66. The minimum atomic E-state index is -0.284. The fraction of sp³-hybridized carbons (Fsp3) is 0.444. The summed E-state index contributed by atoms with van der Waals surface area (Å²) in [5.41, 5.74) is 2.62. The van der Waals surface area contributed by atoms with Gasteiger partial charge in [0, 0.05) is 24.9 Å². The third kappa shape index (κ3) is 3.72. The summed E-state index contributed by atoms with van der Waals surface area (Å²) in [4.78, 5) is 12.4. The number of hydrogen-bond acceptors (Lipinski definition) is 4. The van der Waals surface area contributed by atoms with Gasteiger partial charge in [0.05, 0.1) is 30.1 Å². The lowest BCUT2D eigenvalue weighted by Gasteiger charge is -2.17. The minimum absolute atomic E-state index is 0.0408. The molecule has 1 aliphatic rings. The lowest BCUT2D eigenvalue weighted by molar-refractivity contribution is -0.123.